The van der Waals surface area contributed by atoms with E-state index in [2.05, 4.69) is 28.2 Å². The minimum absolute atomic E-state index is 0.105. The predicted octanol–water partition coefficient (Wildman–Crippen LogP) is 4.51. The molecule has 0 radical (unpaired) electrons. The van der Waals surface area contributed by atoms with Crippen molar-refractivity contribution in [3.8, 4) is 0 Å². The fraction of sp³-hybridized carbons (Fsp3) is 0.381. The maximum Gasteiger partial charge on any atom is 0.264 e. The molecule has 1 amide bonds. The Morgan fingerprint density at radius 3 is 2.61 bits per heavy atom. The number of carbonyl (C=O) groups excluding carboxylic acids is 1. The van der Waals surface area contributed by atoms with Gasteiger partial charge in [-0.1, -0.05) is 35.7 Å². The molecule has 0 aromatic heterocycles. The molecule has 5 nitrogen and oxygen atoms in total. The van der Waals surface area contributed by atoms with Crippen molar-refractivity contribution in [3.05, 3.63) is 58.1 Å². The number of benzene rings is 2. The lowest BCUT2D eigenvalue weighted by Crippen LogP contribution is -2.35. The smallest absolute Gasteiger partial charge is 0.264 e. The van der Waals surface area contributed by atoms with Crippen molar-refractivity contribution in [3.63, 3.8) is 0 Å². The Hall–Kier alpha value is -1.86. The molecule has 1 heterocycles. The van der Waals surface area contributed by atoms with Crippen LogP contribution in [0.5, 0.6) is 0 Å². The maximum absolute atomic E-state index is 13.1. The number of hydrogen-bond donors (Lipinski definition) is 1. The second-order valence-corrected chi connectivity index (χ2v) is 9.72. The standard InChI is InChI=1S/C21H25BrN2O3S/c1-2-3-4-13-23-21(25)17-7-12-20-16(15-17)6-5-14-24(20)28(26,27)19-10-8-18(22)9-11-19/h7-12,15H,2-6,13-14H2,1H3,(H,23,25). The third-order valence-electron chi connectivity index (χ3n) is 4.89. The molecule has 0 aliphatic carbocycles. The van der Waals surface area contributed by atoms with Gasteiger partial charge in [0.05, 0.1) is 10.6 Å². The van der Waals surface area contributed by atoms with E-state index < -0.39 is 10.0 Å². The van der Waals surface area contributed by atoms with Crippen molar-refractivity contribution < 1.29 is 13.2 Å². The fourth-order valence-corrected chi connectivity index (χ4v) is 5.17. The van der Waals surface area contributed by atoms with Crippen LogP contribution in [-0.4, -0.2) is 27.4 Å². The molecular weight excluding hydrogens is 440 g/mol. The Balaban J connectivity index is 1.82. The Kier molecular flexibility index (Phi) is 6.78. The summed E-state index contributed by atoms with van der Waals surface area (Å²) in [5.41, 5.74) is 2.14. The Morgan fingerprint density at radius 1 is 1.14 bits per heavy atom. The van der Waals surface area contributed by atoms with Gasteiger partial charge in [0.1, 0.15) is 0 Å². The molecule has 2 aromatic carbocycles. The molecule has 0 spiro atoms. The number of hydrogen-bond acceptors (Lipinski definition) is 3. The van der Waals surface area contributed by atoms with Crippen LogP contribution in [0.4, 0.5) is 5.69 Å². The number of halogens is 1. The summed E-state index contributed by atoms with van der Waals surface area (Å²) in [6, 6.07) is 12.0. The number of nitrogens with one attached hydrogen (secondary N) is 1. The number of aryl methyl sites for hydroxylation is 1. The van der Waals surface area contributed by atoms with E-state index >= 15 is 0 Å². The summed E-state index contributed by atoms with van der Waals surface area (Å²) in [6.07, 6.45) is 4.65. The SMILES string of the molecule is CCCCCNC(=O)c1ccc2c(c1)CCCN2S(=O)(=O)c1ccc(Br)cc1. The topological polar surface area (TPSA) is 66.5 Å². The third kappa shape index (κ3) is 4.58. The number of rotatable bonds is 7. The summed E-state index contributed by atoms with van der Waals surface area (Å²) in [5.74, 6) is -0.105. The van der Waals surface area contributed by atoms with Crippen LogP contribution in [0.2, 0.25) is 0 Å². The van der Waals surface area contributed by atoms with Crippen LogP contribution >= 0.6 is 15.9 Å². The summed E-state index contributed by atoms with van der Waals surface area (Å²) in [7, 11) is -3.63. The number of fused-ring (bicyclic) bond motifs is 1. The first-order chi connectivity index (χ1) is 13.4. The zero-order valence-electron chi connectivity index (χ0n) is 15.9. The minimum atomic E-state index is -3.63. The van der Waals surface area contributed by atoms with E-state index in [9.17, 15) is 13.2 Å². The van der Waals surface area contributed by atoms with Crippen LogP contribution in [0.15, 0.2) is 51.8 Å². The van der Waals surface area contributed by atoms with Gasteiger partial charge in [-0.2, -0.15) is 0 Å². The van der Waals surface area contributed by atoms with Crippen LogP contribution in [0.3, 0.4) is 0 Å². The molecular formula is C21H25BrN2O3S. The molecule has 0 fully saturated rings. The molecule has 0 saturated heterocycles. The van der Waals surface area contributed by atoms with Crippen molar-refractivity contribution in [2.75, 3.05) is 17.4 Å². The first-order valence-electron chi connectivity index (χ1n) is 9.63. The fourth-order valence-electron chi connectivity index (χ4n) is 3.37. The van der Waals surface area contributed by atoms with Gasteiger partial charge in [0.25, 0.3) is 15.9 Å². The summed E-state index contributed by atoms with van der Waals surface area (Å²) in [4.78, 5) is 12.6. The zero-order valence-corrected chi connectivity index (χ0v) is 18.4. The molecule has 1 aliphatic heterocycles. The highest BCUT2D eigenvalue weighted by molar-refractivity contribution is 9.10. The second-order valence-electron chi connectivity index (χ2n) is 6.94. The molecule has 2 aromatic rings. The summed E-state index contributed by atoms with van der Waals surface area (Å²) < 4.78 is 28.5. The number of unbranched alkanes of at least 4 members (excludes halogenated alkanes) is 2. The average molecular weight is 465 g/mol. The normalized spacial score (nSPS) is 13.9. The van der Waals surface area contributed by atoms with E-state index in [0.29, 0.717) is 24.3 Å². The maximum atomic E-state index is 13.1. The number of sulfonamides is 1. The van der Waals surface area contributed by atoms with Gasteiger partial charge >= 0.3 is 0 Å². The highest BCUT2D eigenvalue weighted by Gasteiger charge is 2.29. The molecule has 3 rings (SSSR count). The molecule has 1 aliphatic rings. The second kappa shape index (κ2) is 9.09. The molecule has 1 N–H and O–H groups in total. The van der Waals surface area contributed by atoms with Crippen molar-refractivity contribution >= 4 is 37.5 Å². The highest BCUT2D eigenvalue weighted by atomic mass is 79.9. The lowest BCUT2D eigenvalue weighted by molar-refractivity contribution is 0.0953. The molecule has 0 unspecified atom stereocenters. The summed E-state index contributed by atoms with van der Waals surface area (Å²) in [5, 5.41) is 2.94. The quantitative estimate of drug-likeness (QED) is 0.612. The van der Waals surface area contributed by atoms with Gasteiger partial charge in [-0.3, -0.25) is 9.10 Å². The lowest BCUT2D eigenvalue weighted by atomic mass is 10.0. The van der Waals surface area contributed by atoms with Gasteiger partial charge in [-0.25, -0.2) is 8.42 Å². The van der Waals surface area contributed by atoms with E-state index in [4.69, 9.17) is 0 Å². The van der Waals surface area contributed by atoms with E-state index in [1.165, 1.54) is 4.31 Å². The van der Waals surface area contributed by atoms with E-state index in [-0.39, 0.29) is 10.8 Å². The van der Waals surface area contributed by atoms with Crippen molar-refractivity contribution in [2.24, 2.45) is 0 Å². The molecule has 28 heavy (non-hydrogen) atoms. The Labute approximate surface area is 175 Å². The van der Waals surface area contributed by atoms with Crippen LogP contribution in [0.25, 0.3) is 0 Å². The predicted molar refractivity (Wildman–Crippen MR) is 115 cm³/mol. The number of amides is 1. The van der Waals surface area contributed by atoms with E-state index in [0.717, 1.165) is 42.1 Å². The van der Waals surface area contributed by atoms with Crippen LogP contribution in [0, 0.1) is 0 Å². The van der Waals surface area contributed by atoms with Crippen molar-refractivity contribution in [1.29, 1.82) is 0 Å². The highest BCUT2D eigenvalue weighted by Crippen LogP contribution is 2.33. The third-order valence-corrected chi connectivity index (χ3v) is 7.24. The lowest BCUT2D eigenvalue weighted by Gasteiger charge is -2.30. The minimum Gasteiger partial charge on any atom is -0.352 e. The average Bonchev–Trinajstić information content (AvgIpc) is 2.70. The molecule has 7 heteroatoms. The van der Waals surface area contributed by atoms with E-state index in [1.807, 2.05) is 6.07 Å². The Bertz CT molecular complexity index is 943. The zero-order chi connectivity index (χ0) is 20.1. The van der Waals surface area contributed by atoms with Gasteiger partial charge in [0.15, 0.2) is 0 Å². The van der Waals surface area contributed by atoms with Crippen molar-refractivity contribution in [2.45, 2.75) is 43.9 Å². The summed E-state index contributed by atoms with van der Waals surface area (Å²) in [6.45, 7) is 3.22. The van der Waals surface area contributed by atoms with E-state index in [1.54, 1.807) is 36.4 Å². The van der Waals surface area contributed by atoms with Crippen molar-refractivity contribution in [1.82, 2.24) is 5.32 Å². The monoisotopic (exact) mass is 464 g/mol. The number of anilines is 1. The van der Waals surface area contributed by atoms with Gasteiger partial charge in [-0.15, -0.1) is 0 Å². The molecule has 150 valence electrons. The van der Waals surface area contributed by atoms with Gasteiger partial charge in [0, 0.05) is 23.1 Å². The molecule has 0 bridgehead atoms. The molecule has 0 saturated carbocycles. The van der Waals surface area contributed by atoms with Gasteiger partial charge < -0.3 is 5.32 Å². The van der Waals surface area contributed by atoms with Crippen LogP contribution in [-0.2, 0) is 16.4 Å². The molecule has 0 atom stereocenters. The number of nitrogens with zero attached hydrogens (tertiary/aromatic N) is 1. The summed E-state index contributed by atoms with van der Waals surface area (Å²) >= 11 is 3.34. The number of carbonyl (C=O) groups is 1. The van der Waals surface area contributed by atoms with Gasteiger partial charge in [-0.05, 0) is 67.3 Å². The van der Waals surface area contributed by atoms with Crippen LogP contribution < -0.4 is 9.62 Å². The first-order valence-corrected chi connectivity index (χ1v) is 11.9. The van der Waals surface area contributed by atoms with Gasteiger partial charge in [0.2, 0.25) is 0 Å². The first kappa shape index (κ1) is 20.9. The Morgan fingerprint density at radius 2 is 1.89 bits per heavy atom. The van der Waals surface area contributed by atoms with Crippen LogP contribution in [0.1, 0.15) is 48.5 Å². The largest absolute Gasteiger partial charge is 0.352 e.